The summed E-state index contributed by atoms with van der Waals surface area (Å²) in [4.78, 5) is 7.34. The highest BCUT2D eigenvalue weighted by Gasteiger charge is 2.12. The van der Waals surface area contributed by atoms with Gasteiger partial charge in [-0.05, 0) is 35.4 Å². The quantitative estimate of drug-likeness (QED) is 0.808. The van der Waals surface area contributed by atoms with E-state index in [0.717, 1.165) is 22.2 Å². The molecule has 0 spiro atoms. The van der Waals surface area contributed by atoms with Crippen molar-refractivity contribution in [3.05, 3.63) is 48.8 Å². The maximum absolute atomic E-state index is 11.5. The molecule has 0 aliphatic rings. The second kappa shape index (κ2) is 4.89. The minimum atomic E-state index is -3.24. The Morgan fingerprint density at radius 3 is 2.48 bits per heavy atom. The van der Waals surface area contributed by atoms with E-state index in [9.17, 15) is 8.42 Å². The van der Waals surface area contributed by atoms with Crippen molar-refractivity contribution in [3.8, 4) is 11.1 Å². The van der Waals surface area contributed by atoms with Gasteiger partial charge in [0.05, 0.1) is 11.9 Å². The standard InChI is InChI=1S/C15H15N3O2S/c1-18(21(2,19)20)12-5-3-11(4-6-12)13-7-9-16-15-14(13)8-10-17-15/h3-10H,1-2H3,(H,16,17). The molecule has 0 amide bonds. The van der Waals surface area contributed by atoms with E-state index in [4.69, 9.17) is 0 Å². The summed E-state index contributed by atoms with van der Waals surface area (Å²) in [6.45, 7) is 0. The lowest BCUT2D eigenvalue weighted by molar-refractivity contribution is 0.600. The minimum Gasteiger partial charge on any atom is -0.346 e. The van der Waals surface area contributed by atoms with Crippen LogP contribution in [0.25, 0.3) is 22.2 Å². The van der Waals surface area contributed by atoms with E-state index < -0.39 is 10.0 Å². The topological polar surface area (TPSA) is 66.1 Å². The van der Waals surface area contributed by atoms with E-state index in [-0.39, 0.29) is 0 Å². The molecule has 108 valence electrons. The molecule has 3 aromatic rings. The molecule has 2 aromatic heterocycles. The SMILES string of the molecule is CN(c1ccc(-c2ccnc3[nH]ccc23)cc1)S(C)(=O)=O. The Hall–Kier alpha value is -2.34. The molecule has 0 saturated heterocycles. The summed E-state index contributed by atoms with van der Waals surface area (Å²) in [5.41, 5.74) is 3.56. The second-order valence-electron chi connectivity index (χ2n) is 4.88. The molecule has 1 N–H and O–H groups in total. The summed E-state index contributed by atoms with van der Waals surface area (Å²) in [5, 5.41) is 1.04. The van der Waals surface area contributed by atoms with Gasteiger partial charge in [-0.15, -0.1) is 0 Å². The van der Waals surface area contributed by atoms with Crippen LogP contribution in [0, 0.1) is 0 Å². The molecule has 0 saturated carbocycles. The third kappa shape index (κ3) is 2.50. The molecule has 1 aromatic carbocycles. The van der Waals surface area contributed by atoms with Crippen LogP contribution in [0.5, 0.6) is 0 Å². The zero-order valence-corrected chi connectivity index (χ0v) is 12.6. The lowest BCUT2D eigenvalue weighted by atomic mass is 10.0. The van der Waals surface area contributed by atoms with E-state index in [0.29, 0.717) is 5.69 Å². The molecule has 5 nitrogen and oxygen atoms in total. The van der Waals surface area contributed by atoms with Crippen LogP contribution in [0.4, 0.5) is 5.69 Å². The van der Waals surface area contributed by atoms with Crippen LogP contribution in [0.2, 0.25) is 0 Å². The van der Waals surface area contributed by atoms with E-state index in [2.05, 4.69) is 9.97 Å². The fraction of sp³-hybridized carbons (Fsp3) is 0.133. The first kappa shape index (κ1) is 13.6. The molecule has 6 heteroatoms. The molecule has 0 aliphatic carbocycles. The number of aromatic nitrogens is 2. The van der Waals surface area contributed by atoms with Gasteiger partial charge >= 0.3 is 0 Å². The average Bonchev–Trinajstić information content (AvgIpc) is 2.94. The molecule has 2 heterocycles. The highest BCUT2D eigenvalue weighted by molar-refractivity contribution is 7.92. The van der Waals surface area contributed by atoms with Gasteiger partial charge in [-0.2, -0.15) is 0 Å². The number of sulfonamides is 1. The van der Waals surface area contributed by atoms with Crippen LogP contribution < -0.4 is 4.31 Å². The third-order valence-electron chi connectivity index (χ3n) is 3.50. The summed E-state index contributed by atoms with van der Waals surface area (Å²) < 4.78 is 24.3. The van der Waals surface area contributed by atoms with Crippen LogP contribution in [-0.4, -0.2) is 31.7 Å². The first-order valence-electron chi connectivity index (χ1n) is 6.43. The zero-order valence-electron chi connectivity index (χ0n) is 11.7. The molecule has 21 heavy (non-hydrogen) atoms. The number of pyridine rings is 1. The van der Waals surface area contributed by atoms with E-state index in [1.54, 1.807) is 25.4 Å². The number of fused-ring (bicyclic) bond motifs is 1. The Balaban J connectivity index is 2.04. The summed E-state index contributed by atoms with van der Waals surface area (Å²) >= 11 is 0. The third-order valence-corrected chi connectivity index (χ3v) is 4.71. The van der Waals surface area contributed by atoms with Gasteiger partial charge in [0, 0.05) is 24.8 Å². The number of hydrogen-bond acceptors (Lipinski definition) is 3. The molecular formula is C15H15N3O2S. The fourth-order valence-corrected chi connectivity index (χ4v) is 2.76. The van der Waals surface area contributed by atoms with Gasteiger partial charge in [0.2, 0.25) is 10.0 Å². The Bertz CT molecular complexity index is 883. The summed E-state index contributed by atoms with van der Waals surface area (Å²) in [6.07, 6.45) is 4.80. The molecule has 0 atom stereocenters. The van der Waals surface area contributed by atoms with Gasteiger partial charge in [0.25, 0.3) is 0 Å². The van der Waals surface area contributed by atoms with Gasteiger partial charge in [-0.1, -0.05) is 12.1 Å². The molecule has 3 rings (SSSR count). The van der Waals surface area contributed by atoms with Crippen molar-refractivity contribution >= 4 is 26.7 Å². The van der Waals surface area contributed by atoms with E-state index in [1.165, 1.54) is 10.6 Å². The normalized spacial score (nSPS) is 11.7. The van der Waals surface area contributed by atoms with Crippen molar-refractivity contribution in [1.29, 1.82) is 0 Å². The lowest BCUT2D eigenvalue weighted by Crippen LogP contribution is -2.24. The predicted molar refractivity (Wildman–Crippen MR) is 84.8 cm³/mol. The van der Waals surface area contributed by atoms with Crippen molar-refractivity contribution in [2.45, 2.75) is 0 Å². The van der Waals surface area contributed by atoms with Gasteiger partial charge in [0.15, 0.2) is 0 Å². The van der Waals surface area contributed by atoms with Crippen LogP contribution in [0.3, 0.4) is 0 Å². The Morgan fingerprint density at radius 2 is 1.81 bits per heavy atom. The van der Waals surface area contributed by atoms with Crippen molar-refractivity contribution in [2.24, 2.45) is 0 Å². The Labute approximate surface area is 123 Å². The maximum atomic E-state index is 11.5. The van der Waals surface area contributed by atoms with Gasteiger partial charge < -0.3 is 4.98 Å². The maximum Gasteiger partial charge on any atom is 0.231 e. The zero-order chi connectivity index (χ0) is 15.0. The monoisotopic (exact) mass is 301 g/mol. The molecule has 0 unspecified atom stereocenters. The van der Waals surface area contributed by atoms with Crippen LogP contribution in [0.15, 0.2) is 48.8 Å². The van der Waals surface area contributed by atoms with Crippen LogP contribution in [-0.2, 0) is 10.0 Å². The second-order valence-corrected chi connectivity index (χ2v) is 6.89. The Kier molecular flexibility index (Phi) is 3.17. The van der Waals surface area contributed by atoms with Gasteiger partial charge in [-0.25, -0.2) is 13.4 Å². The number of H-pyrrole nitrogens is 1. The summed E-state index contributed by atoms with van der Waals surface area (Å²) in [7, 11) is -1.70. The van der Waals surface area contributed by atoms with Crippen molar-refractivity contribution in [1.82, 2.24) is 9.97 Å². The number of nitrogens with zero attached hydrogens (tertiary/aromatic N) is 2. The van der Waals surface area contributed by atoms with Crippen LogP contribution in [0.1, 0.15) is 0 Å². The molecule has 0 aliphatic heterocycles. The molecule has 0 fully saturated rings. The van der Waals surface area contributed by atoms with E-state index >= 15 is 0 Å². The molecule has 0 radical (unpaired) electrons. The highest BCUT2D eigenvalue weighted by atomic mass is 32.2. The highest BCUT2D eigenvalue weighted by Crippen LogP contribution is 2.28. The van der Waals surface area contributed by atoms with Crippen LogP contribution >= 0.6 is 0 Å². The number of hydrogen-bond donors (Lipinski definition) is 1. The summed E-state index contributed by atoms with van der Waals surface area (Å²) in [6, 6.07) is 11.4. The van der Waals surface area contributed by atoms with E-state index in [1.807, 2.05) is 30.5 Å². The Morgan fingerprint density at radius 1 is 1.10 bits per heavy atom. The fourth-order valence-electron chi connectivity index (χ4n) is 2.26. The predicted octanol–water partition coefficient (Wildman–Crippen LogP) is 2.63. The lowest BCUT2D eigenvalue weighted by Gasteiger charge is -2.16. The number of rotatable bonds is 3. The first-order valence-corrected chi connectivity index (χ1v) is 8.28. The summed E-state index contributed by atoms with van der Waals surface area (Å²) in [5.74, 6) is 0. The minimum absolute atomic E-state index is 0.639. The van der Waals surface area contributed by atoms with Gasteiger partial charge in [-0.3, -0.25) is 4.31 Å². The first-order chi connectivity index (χ1) is 9.97. The average molecular weight is 301 g/mol. The molecule has 0 bridgehead atoms. The van der Waals surface area contributed by atoms with Gasteiger partial charge in [0.1, 0.15) is 5.65 Å². The number of anilines is 1. The van der Waals surface area contributed by atoms with Crippen molar-refractivity contribution in [3.63, 3.8) is 0 Å². The largest absolute Gasteiger partial charge is 0.346 e. The number of aromatic amines is 1. The van der Waals surface area contributed by atoms with Crippen molar-refractivity contribution < 1.29 is 8.42 Å². The number of benzene rings is 1. The van der Waals surface area contributed by atoms with Crippen molar-refractivity contribution in [2.75, 3.05) is 17.6 Å². The number of nitrogens with one attached hydrogen (secondary N) is 1. The smallest absolute Gasteiger partial charge is 0.231 e. The molecular weight excluding hydrogens is 286 g/mol.